The third kappa shape index (κ3) is 10.3. The van der Waals surface area contributed by atoms with Crippen LogP contribution in [0, 0.1) is 6.92 Å². The molecule has 0 unspecified atom stereocenters. The maximum absolute atomic E-state index is 10.8. The quantitative estimate of drug-likeness (QED) is 0.205. The fourth-order valence-electron chi connectivity index (χ4n) is 3.85. The summed E-state index contributed by atoms with van der Waals surface area (Å²) >= 11 is 4.32. The van der Waals surface area contributed by atoms with E-state index in [0.717, 1.165) is 0 Å². The average molecular weight is 580 g/mol. The molecule has 0 bridgehead atoms. The number of aromatic nitrogens is 4. The minimum absolute atomic E-state index is 0.215. The van der Waals surface area contributed by atoms with Gasteiger partial charge in [0.25, 0.3) is 0 Å². The number of phosphoric acid groups is 1. The smallest absolute Gasteiger partial charge is 0.389 e. The average Bonchev–Trinajstić information content (AvgIpc) is 3.41. The van der Waals surface area contributed by atoms with Crippen LogP contribution in [0.4, 0.5) is 5.82 Å². The van der Waals surface area contributed by atoms with Gasteiger partial charge in [-0.05, 0) is 46.2 Å². The van der Waals surface area contributed by atoms with Crippen LogP contribution in [0.1, 0.15) is 53.6 Å². The Hall–Kier alpha value is -1.35. The number of fused-ring (bicyclic) bond motifs is 1. The van der Waals surface area contributed by atoms with Crippen molar-refractivity contribution in [3.8, 4) is 0 Å². The molecular weight excluding hydrogens is 533 g/mol. The Labute approximate surface area is 231 Å². The van der Waals surface area contributed by atoms with Gasteiger partial charge >= 0.3 is 7.82 Å². The number of nitrogen functional groups attached to an aromatic ring is 1. The summed E-state index contributed by atoms with van der Waals surface area (Å²) in [6, 6.07) is 0. The molecule has 2 aromatic heterocycles. The zero-order chi connectivity index (χ0) is 29.0. The fourth-order valence-corrected chi connectivity index (χ4v) is 4.59. The molecule has 0 spiro atoms. The molecule has 13 nitrogen and oxygen atoms in total. The van der Waals surface area contributed by atoms with Gasteiger partial charge in [0.05, 0.1) is 24.3 Å². The number of nitrogens with zero attached hydrogens (tertiary/aromatic N) is 6. The number of rotatable bonds is 10. The van der Waals surface area contributed by atoms with Crippen molar-refractivity contribution in [1.29, 1.82) is 0 Å². The number of phosphoric ester groups is 1. The normalized spacial score (nSPS) is 21.4. The maximum atomic E-state index is 10.8. The van der Waals surface area contributed by atoms with Crippen LogP contribution in [0.25, 0.3) is 11.2 Å². The van der Waals surface area contributed by atoms with Gasteiger partial charge in [-0.3, -0.25) is 9.09 Å². The third-order valence-corrected chi connectivity index (χ3v) is 7.31. The third-order valence-electron chi connectivity index (χ3n) is 6.26. The molecule has 0 saturated carbocycles. The van der Waals surface area contributed by atoms with Crippen LogP contribution in [0.3, 0.4) is 0 Å². The number of nitrogens with two attached hydrogens (primary N) is 1. The number of hydrogen-bond acceptors (Lipinski definition) is 11. The van der Waals surface area contributed by atoms with E-state index in [-0.39, 0.29) is 5.82 Å². The molecule has 1 fully saturated rings. The Morgan fingerprint density at radius 1 is 1.05 bits per heavy atom. The fraction of sp³-hybridized carbons (Fsp3) is 0.783. The minimum Gasteiger partial charge on any atom is -0.389 e. The largest absolute Gasteiger partial charge is 0.469 e. The van der Waals surface area contributed by atoms with Crippen molar-refractivity contribution in [3.05, 3.63) is 12.2 Å². The number of aliphatic hydroxyl groups is 1. The van der Waals surface area contributed by atoms with Crippen LogP contribution in [-0.2, 0) is 13.8 Å². The first-order valence-electron chi connectivity index (χ1n) is 13.0. The lowest BCUT2D eigenvalue weighted by Gasteiger charge is -2.17. The number of anilines is 1. The van der Waals surface area contributed by atoms with Crippen molar-refractivity contribution >= 4 is 37.4 Å². The van der Waals surface area contributed by atoms with Crippen LogP contribution in [0.2, 0.25) is 0 Å². The minimum atomic E-state index is -4.67. The molecule has 2 aromatic rings. The molecule has 1 aliphatic heterocycles. The van der Waals surface area contributed by atoms with E-state index in [0.29, 0.717) is 17.0 Å². The van der Waals surface area contributed by atoms with Gasteiger partial charge in [-0.1, -0.05) is 41.5 Å². The van der Waals surface area contributed by atoms with E-state index in [1.165, 1.54) is 45.6 Å². The number of ether oxygens (including phenoxy) is 1. The first-order chi connectivity index (χ1) is 17.9. The monoisotopic (exact) mass is 579 g/mol. The molecule has 5 N–H and O–H groups in total. The Bertz CT molecular complexity index is 979. The highest BCUT2D eigenvalue weighted by atomic mass is 32.1. The van der Waals surface area contributed by atoms with Crippen LogP contribution < -0.4 is 5.73 Å². The summed E-state index contributed by atoms with van der Waals surface area (Å²) in [5.74, 6) is 0.657. The second-order valence-electron chi connectivity index (χ2n) is 8.55. The summed E-state index contributed by atoms with van der Waals surface area (Å²) in [5, 5.41) is 9.49. The second kappa shape index (κ2) is 16.7. The van der Waals surface area contributed by atoms with Gasteiger partial charge in [-0.15, -0.1) is 0 Å². The van der Waals surface area contributed by atoms with Gasteiger partial charge in [-0.2, -0.15) is 12.6 Å². The Kier molecular flexibility index (Phi) is 15.2. The predicted molar refractivity (Wildman–Crippen MR) is 152 cm³/mol. The lowest BCUT2D eigenvalue weighted by molar-refractivity contribution is -0.0422. The first kappa shape index (κ1) is 34.7. The van der Waals surface area contributed by atoms with E-state index in [9.17, 15) is 9.67 Å². The predicted octanol–water partition coefficient (Wildman–Crippen LogP) is 2.08. The molecule has 0 aromatic carbocycles. The molecule has 15 heteroatoms. The van der Waals surface area contributed by atoms with Gasteiger partial charge in [0.2, 0.25) is 0 Å². The van der Waals surface area contributed by atoms with Crippen LogP contribution in [0.5, 0.6) is 0 Å². The summed E-state index contributed by atoms with van der Waals surface area (Å²) in [6.07, 6.45) is -1.42. The molecule has 0 radical (unpaired) electrons. The molecule has 3 rings (SSSR count). The van der Waals surface area contributed by atoms with Crippen LogP contribution >= 0.6 is 20.5 Å². The summed E-state index contributed by atoms with van der Waals surface area (Å²) in [7, 11) is -4.67. The molecule has 1 saturated heterocycles. The van der Waals surface area contributed by atoms with E-state index in [4.69, 9.17) is 20.3 Å². The van der Waals surface area contributed by atoms with Gasteiger partial charge in [-0.25, -0.2) is 19.5 Å². The molecule has 0 amide bonds. The number of hydrogen-bond donors (Lipinski definition) is 5. The number of aliphatic hydroxyl groups excluding tert-OH is 1. The molecule has 220 valence electrons. The highest BCUT2D eigenvalue weighted by molar-refractivity contribution is 7.81. The van der Waals surface area contributed by atoms with Crippen molar-refractivity contribution in [1.82, 2.24) is 29.3 Å². The molecular formula is C23H46N7O6PS. The topological polar surface area (TPSA) is 172 Å². The van der Waals surface area contributed by atoms with Crippen LogP contribution in [0.15, 0.2) is 6.33 Å². The van der Waals surface area contributed by atoms with Gasteiger partial charge in [0.15, 0.2) is 17.7 Å². The zero-order valence-corrected chi connectivity index (χ0v) is 25.3. The summed E-state index contributed by atoms with van der Waals surface area (Å²) in [5.41, 5.74) is 6.60. The van der Waals surface area contributed by atoms with Gasteiger partial charge in [0, 0.05) is 0 Å². The van der Waals surface area contributed by atoms with E-state index in [1.54, 1.807) is 11.5 Å². The Balaban J connectivity index is 0.000000426. The number of imidazole rings is 1. The van der Waals surface area contributed by atoms with Crippen molar-refractivity contribution < 1.29 is 28.7 Å². The zero-order valence-electron chi connectivity index (χ0n) is 23.6. The maximum Gasteiger partial charge on any atom is 0.469 e. The summed E-state index contributed by atoms with van der Waals surface area (Å²) in [4.78, 5) is 34.7. The molecule has 1 aliphatic rings. The van der Waals surface area contributed by atoms with Crippen molar-refractivity contribution in [2.24, 2.45) is 0 Å². The van der Waals surface area contributed by atoms with Crippen molar-refractivity contribution in [3.63, 3.8) is 0 Å². The molecule has 3 heterocycles. The van der Waals surface area contributed by atoms with Gasteiger partial charge in [0.1, 0.15) is 17.4 Å². The lowest BCUT2D eigenvalue weighted by Crippen LogP contribution is -2.30. The standard InChI is InChI=1S/C11H16N5O6PS.2C6H15N/c1-4-14-9(12)6-10(15-4)16(3-13-6)11-8(24)7(17)5(22-11)2-21-23(18,19)20;2*1-4-7(5-2)6-3/h3,5,7-8,11,17,24H,2H2,1H3,(H2,12,14,15)(H2,18,19,20);2*4-6H2,1-3H3/t5-,7-,8-,11-;;/m1../s1. The lowest BCUT2D eigenvalue weighted by atomic mass is 10.2. The molecule has 4 atom stereocenters. The van der Waals surface area contributed by atoms with Crippen molar-refractivity contribution in [2.45, 2.75) is 72.2 Å². The Morgan fingerprint density at radius 3 is 1.97 bits per heavy atom. The van der Waals surface area contributed by atoms with E-state index in [2.05, 4.69) is 83.4 Å². The first-order valence-corrected chi connectivity index (χ1v) is 15.0. The summed E-state index contributed by atoms with van der Waals surface area (Å²) in [6.45, 7) is 21.4. The molecule has 38 heavy (non-hydrogen) atoms. The second-order valence-corrected chi connectivity index (χ2v) is 10.4. The SMILES string of the molecule is CCN(CC)CC.CCN(CC)CC.Cc1nc(N)c2ncn([C@@H]3O[C@H](COP(=O)(O)O)[C@@H](O)[C@H]3S)c2n1. The molecule has 0 aliphatic carbocycles. The highest BCUT2D eigenvalue weighted by Crippen LogP contribution is 2.40. The highest BCUT2D eigenvalue weighted by Gasteiger charge is 2.44. The van der Waals surface area contributed by atoms with Gasteiger partial charge < -0.3 is 35.2 Å². The van der Waals surface area contributed by atoms with E-state index < -0.39 is 38.1 Å². The Morgan fingerprint density at radius 2 is 1.55 bits per heavy atom. The van der Waals surface area contributed by atoms with E-state index in [1.807, 2.05) is 0 Å². The number of aryl methyl sites for hydroxylation is 1. The summed E-state index contributed by atoms with van der Waals surface area (Å²) < 4.78 is 22.4. The van der Waals surface area contributed by atoms with Crippen LogP contribution in [-0.4, -0.2) is 108 Å². The van der Waals surface area contributed by atoms with E-state index >= 15 is 0 Å². The van der Waals surface area contributed by atoms with Crippen molar-refractivity contribution in [2.75, 3.05) is 51.6 Å². The number of thiol groups is 1.